The molecule has 0 aromatic carbocycles. The van der Waals surface area contributed by atoms with E-state index in [0.717, 1.165) is 26.2 Å². The fourth-order valence-electron chi connectivity index (χ4n) is 1.95. The van der Waals surface area contributed by atoms with Crippen molar-refractivity contribution in [1.82, 2.24) is 5.32 Å². The molecule has 2 aliphatic heterocycles. The lowest BCUT2D eigenvalue weighted by atomic mass is 10.1. The van der Waals surface area contributed by atoms with Gasteiger partial charge in [-0.05, 0) is 18.8 Å². The molecular weight excluding hydrogens is 202 g/mol. The first kappa shape index (κ1) is 12.2. The highest BCUT2D eigenvalue weighted by molar-refractivity contribution is 5.85. The molecule has 0 aromatic rings. The fraction of sp³-hybridized carbons (Fsp3) is 1.00. The zero-order valence-corrected chi connectivity index (χ0v) is 9.52. The summed E-state index contributed by atoms with van der Waals surface area (Å²) in [4.78, 5) is 0. The van der Waals surface area contributed by atoms with Gasteiger partial charge in [-0.25, -0.2) is 0 Å². The van der Waals surface area contributed by atoms with Crippen molar-refractivity contribution in [2.24, 2.45) is 5.92 Å². The molecule has 3 nitrogen and oxygen atoms in total. The molecule has 2 rings (SSSR count). The molecule has 14 heavy (non-hydrogen) atoms. The summed E-state index contributed by atoms with van der Waals surface area (Å²) < 4.78 is 11.2. The van der Waals surface area contributed by atoms with Gasteiger partial charge in [-0.15, -0.1) is 12.4 Å². The Labute approximate surface area is 91.9 Å². The summed E-state index contributed by atoms with van der Waals surface area (Å²) in [5.41, 5.74) is 0. The molecule has 0 aliphatic carbocycles. The second kappa shape index (κ2) is 5.91. The Kier molecular flexibility index (Phi) is 5.17. The molecule has 2 aliphatic rings. The molecule has 0 saturated carbocycles. The number of ether oxygens (including phenoxy) is 2. The number of nitrogens with one attached hydrogen (secondary N) is 1. The molecule has 0 radical (unpaired) electrons. The van der Waals surface area contributed by atoms with Crippen LogP contribution in [0.3, 0.4) is 0 Å². The van der Waals surface area contributed by atoms with Crippen LogP contribution in [-0.2, 0) is 9.47 Å². The summed E-state index contributed by atoms with van der Waals surface area (Å²) in [6.45, 7) is 5.12. The topological polar surface area (TPSA) is 30.5 Å². The van der Waals surface area contributed by atoms with Crippen LogP contribution in [0.1, 0.15) is 26.2 Å². The van der Waals surface area contributed by atoms with Gasteiger partial charge < -0.3 is 9.47 Å². The molecule has 0 amide bonds. The van der Waals surface area contributed by atoms with Crippen molar-refractivity contribution in [3.8, 4) is 0 Å². The summed E-state index contributed by atoms with van der Waals surface area (Å²) in [6.07, 6.45) is 4.11. The van der Waals surface area contributed by atoms with Gasteiger partial charge in [0.1, 0.15) is 6.23 Å². The summed E-state index contributed by atoms with van der Waals surface area (Å²) in [5, 5.41) is 3.39. The lowest BCUT2D eigenvalue weighted by Gasteiger charge is -2.29. The van der Waals surface area contributed by atoms with Crippen molar-refractivity contribution in [2.75, 3.05) is 19.8 Å². The third-order valence-electron chi connectivity index (χ3n) is 2.78. The summed E-state index contributed by atoms with van der Waals surface area (Å²) in [7, 11) is 0. The van der Waals surface area contributed by atoms with Crippen molar-refractivity contribution >= 4 is 12.4 Å². The van der Waals surface area contributed by atoms with E-state index in [2.05, 4.69) is 12.2 Å². The van der Waals surface area contributed by atoms with Crippen molar-refractivity contribution in [1.29, 1.82) is 0 Å². The molecule has 2 fully saturated rings. The molecular formula is C10H20ClNO2. The van der Waals surface area contributed by atoms with Crippen molar-refractivity contribution < 1.29 is 9.47 Å². The van der Waals surface area contributed by atoms with Gasteiger partial charge >= 0.3 is 0 Å². The highest BCUT2D eigenvalue weighted by atomic mass is 35.5. The normalized spacial score (nSPS) is 37.9. The predicted molar refractivity (Wildman–Crippen MR) is 57.7 cm³/mol. The fourth-order valence-corrected chi connectivity index (χ4v) is 1.95. The second-order valence-corrected chi connectivity index (χ2v) is 4.21. The highest BCUT2D eigenvalue weighted by Gasteiger charge is 2.24. The zero-order valence-electron chi connectivity index (χ0n) is 8.70. The Bertz CT molecular complexity index is 154. The highest BCUT2D eigenvalue weighted by Crippen LogP contribution is 2.19. The third-order valence-corrected chi connectivity index (χ3v) is 2.78. The Morgan fingerprint density at radius 1 is 1.36 bits per heavy atom. The summed E-state index contributed by atoms with van der Waals surface area (Å²) >= 11 is 0. The van der Waals surface area contributed by atoms with Crippen molar-refractivity contribution in [2.45, 2.75) is 38.5 Å². The van der Waals surface area contributed by atoms with Crippen LogP contribution in [0, 0.1) is 5.92 Å². The first-order valence-electron chi connectivity index (χ1n) is 5.31. The number of halogens is 1. The average molecular weight is 222 g/mol. The lowest BCUT2D eigenvalue weighted by molar-refractivity contribution is -0.0514. The molecule has 2 saturated heterocycles. The number of rotatable bonds is 2. The molecule has 3 atom stereocenters. The quantitative estimate of drug-likeness (QED) is 0.768. The monoisotopic (exact) mass is 221 g/mol. The third kappa shape index (κ3) is 3.39. The molecule has 1 N–H and O–H groups in total. The van der Waals surface area contributed by atoms with E-state index in [9.17, 15) is 0 Å². The second-order valence-electron chi connectivity index (χ2n) is 4.21. The van der Waals surface area contributed by atoms with Gasteiger partial charge in [-0.3, -0.25) is 5.32 Å². The van der Waals surface area contributed by atoms with E-state index in [0.29, 0.717) is 12.0 Å². The van der Waals surface area contributed by atoms with Crippen LogP contribution in [0.2, 0.25) is 0 Å². The van der Waals surface area contributed by atoms with Crippen LogP contribution in [-0.4, -0.2) is 32.1 Å². The Hall–Kier alpha value is 0.170. The maximum absolute atomic E-state index is 5.66. The van der Waals surface area contributed by atoms with Gasteiger partial charge in [0.2, 0.25) is 0 Å². The van der Waals surface area contributed by atoms with Crippen LogP contribution >= 0.6 is 12.4 Å². The molecule has 2 heterocycles. The van der Waals surface area contributed by atoms with Crippen LogP contribution in [0.4, 0.5) is 0 Å². The Morgan fingerprint density at radius 3 is 2.79 bits per heavy atom. The van der Waals surface area contributed by atoms with Gasteiger partial charge in [0, 0.05) is 19.6 Å². The van der Waals surface area contributed by atoms with Gasteiger partial charge in [0.25, 0.3) is 0 Å². The lowest BCUT2D eigenvalue weighted by Crippen LogP contribution is -2.44. The van der Waals surface area contributed by atoms with E-state index in [1.807, 2.05) is 0 Å². The van der Waals surface area contributed by atoms with Crippen molar-refractivity contribution in [3.63, 3.8) is 0 Å². The van der Waals surface area contributed by atoms with Gasteiger partial charge in [-0.1, -0.05) is 6.92 Å². The van der Waals surface area contributed by atoms with Crippen LogP contribution in [0.15, 0.2) is 0 Å². The Morgan fingerprint density at radius 2 is 2.21 bits per heavy atom. The largest absolute Gasteiger partial charge is 0.378 e. The SMILES string of the molecule is CC1CNC(CC2CCCO2)OC1.Cl. The predicted octanol–water partition coefficient (Wildman–Crippen LogP) is 1.56. The first-order chi connectivity index (χ1) is 6.34. The summed E-state index contributed by atoms with van der Waals surface area (Å²) in [5.74, 6) is 0.653. The molecule has 3 unspecified atom stereocenters. The van der Waals surface area contributed by atoms with Crippen LogP contribution < -0.4 is 5.32 Å². The number of hydrogen-bond acceptors (Lipinski definition) is 3. The van der Waals surface area contributed by atoms with Gasteiger partial charge in [-0.2, -0.15) is 0 Å². The van der Waals surface area contributed by atoms with Gasteiger partial charge in [0.05, 0.1) is 12.7 Å². The van der Waals surface area contributed by atoms with E-state index in [4.69, 9.17) is 9.47 Å². The standard InChI is InChI=1S/C10H19NO2.ClH/c1-8-6-11-10(13-7-8)5-9-3-2-4-12-9;/h8-11H,2-7H2,1H3;1H. The molecule has 0 spiro atoms. The molecule has 0 aromatic heterocycles. The molecule has 4 heteroatoms. The van der Waals surface area contributed by atoms with Crippen LogP contribution in [0.5, 0.6) is 0 Å². The number of hydrogen-bond donors (Lipinski definition) is 1. The first-order valence-corrected chi connectivity index (χ1v) is 5.31. The average Bonchev–Trinajstić information content (AvgIpc) is 2.62. The van der Waals surface area contributed by atoms with E-state index >= 15 is 0 Å². The summed E-state index contributed by atoms with van der Waals surface area (Å²) in [6, 6.07) is 0. The van der Waals surface area contributed by atoms with E-state index in [1.165, 1.54) is 12.8 Å². The minimum Gasteiger partial charge on any atom is -0.378 e. The van der Waals surface area contributed by atoms with Crippen LogP contribution in [0.25, 0.3) is 0 Å². The maximum atomic E-state index is 5.66. The van der Waals surface area contributed by atoms with Crippen molar-refractivity contribution in [3.05, 3.63) is 0 Å². The minimum atomic E-state index is 0. The minimum absolute atomic E-state index is 0. The van der Waals surface area contributed by atoms with E-state index in [1.54, 1.807) is 0 Å². The molecule has 0 bridgehead atoms. The van der Waals surface area contributed by atoms with E-state index in [-0.39, 0.29) is 18.6 Å². The van der Waals surface area contributed by atoms with E-state index < -0.39 is 0 Å². The molecule has 84 valence electrons. The Balaban J connectivity index is 0.000000980. The smallest absolute Gasteiger partial charge is 0.110 e. The van der Waals surface area contributed by atoms with Gasteiger partial charge in [0.15, 0.2) is 0 Å². The zero-order chi connectivity index (χ0) is 9.10. The maximum Gasteiger partial charge on any atom is 0.110 e.